The van der Waals surface area contributed by atoms with Crippen LogP contribution in [0.15, 0.2) is 23.1 Å². The average molecular weight is 264 g/mol. The number of carbonyl (C=O) groups is 1. The van der Waals surface area contributed by atoms with Gasteiger partial charge in [-0.15, -0.1) is 11.8 Å². The van der Waals surface area contributed by atoms with Crippen molar-refractivity contribution in [1.82, 2.24) is 0 Å². The summed E-state index contributed by atoms with van der Waals surface area (Å²) < 4.78 is 0. The fourth-order valence-corrected chi connectivity index (χ4v) is 3.18. The van der Waals surface area contributed by atoms with E-state index in [-0.39, 0.29) is 5.91 Å². The van der Waals surface area contributed by atoms with Gasteiger partial charge in [0.25, 0.3) is 0 Å². The fourth-order valence-electron chi connectivity index (χ4n) is 2.40. The molecule has 1 amide bonds. The van der Waals surface area contributed by atoms with Crippen LogP contribution in [0.25, 0.3) is 0 Å². The smallest absolute Gasteiger partial charge is 0.234 e. The second-order valence-corrected chi connectivity index (χ2v) is 6.04. The van der Waals surface area contributed by atoms with Crippen LogP contribution in [0.1, 0.15) is 31.7 Å². The predicted molar refractivity (Wildman–Crippen MR) is 77.0 cm³/mol. The van der Waals surface area contributed by atoms with E-state index < -0.39 is 0 Å². The Balaban J connectivity index is 2.28. The van der Waals surface area contributed by atoms with Crippen LogP contribution in [-0.4, -0.2) is 18.2 Å². The van der Waals surface area contributed by atoms with Gasteiger partial charge in [0.05, 0.1) is 11.4 Å². The number of amides is 1. The van der Waals surface area contributed by atoms with Crippen molar-refractivity contribution in [2.45, 2.75) is 31.1 Å². The van der Waals surface area contributed by atoms with Crippen molar-refractivity contribution in [3.63, 3.8) is 0 Å². The molecule has 3 N–H and O–H groups in total. The summed E-state index contributed by atoms with van der Waals surface area (Å²) in [5.74, 6) is 1.62. The lowest BCUT2D eigenvalue weighted by atomic mass is 9.85. The maximum atomic E-state index is 11.4. The Bertz CT molecular complexity index is 445. The lowest BCUT2D eigenvalue weighted by Gasteiger charge is -2.23. The van der Waals surface area contributed by atoms with Crippen molar-refractivity contribution < 1.29 is 4.79 Å². The Labute approximate surface area is 113 Å². The van der Waals surface area contributed by atoms with Crippen LogP contribution in [0.5, 0.6) is 0 Å². The van der Waals surface area contributed by atoms with Crippen LogP contribution >= 0.6 is 11.8 Å². The van der Waals surface area contributed by atoms with Crippen molar-refractivity contribution in [3.05, 3.63) is 23.8 Å². The number of thioether (sulfide) groups is 1. The quantitative estimate of drug-likeness (QED) is 0.879. The highest BCUT2D eigenvalue weighted by Gasteiger charge is 2.19. The monoisotopic (exact) mass is 264 g/mol. The Morgan fingerprint density at radius 2 is 2.22 bits per heavy atom. The molecule has 1 aliphatic heterocycles. The molecule has 0 bridgehead atoms. The second kappa shape index (κ2) is 5.76. The first-order valence-electron chi connectivity index (χ1n) is 6.38. The predicted octanol–water partition coefficient (Wildman–Crippen LogP) is 2.82. The van der Waals surface area contributed by atoms with Gasteiger partial charge >= 0.3 is 0 Å². The molecule has 3 nitrogen and oxygen atoms in total. The zero-order valence-corrected chi connectivity index (χ0v) is 11.7. The molecule has 0 saturated heterocycles. The summed E-state index contributed by atoms with van der Waals surface area (Å²) in [5, 5.41) is 2.95. The van der Waals surface area contributed by atoms with Gasteiger partial charge in [-0.1, -0.05) is 19.9 Å². The van der Waals surface area contributed by atoms with E-state index in [9.17, 15) is 4.79 Å². The van der Waals surface area contributed by atoms with E-state index in [1.54, 1.807) is 11.8 Å². The molecule has 0 spiro atoms. The Hall–Kier alpha value is -1.000. The highest BCUT2D eigenvalue weighted by atomic mass is 32.2. The first-order valence-corrected chi connectivity index (χ1v) is 7.37. The highest BCUT2D eigenvalue weighted by Crippen LogP contribution is 2.36. The zero-order chi connectivity index (χ0) is 13.1. The number of carbonyl (C=O) groups excluding carboxylic acids is 1. The molecule has 1 aromatic carbocycles. The minimum Gasteiger partial charge on any atom is -0.330 e. The van der Waals surface area contributed by atoms with E-state index in [2.05, 4.69) is 37.4 Å². The minimum absolute atomic E-state index is 0.0876. The highest BCUT2D eigenvalue weighted by molar-refractivity contribution is 8.00. The summed E-state index contributed by atoms with van der Waals surface area (Å²) in [6, 6.07) is 6.39. The number of hydrogen-bond acceptors (Lipinski definition) is 3. The molecule has 0 saturated carbocycles. The third-order valence-electron chi connectivity index (χ3n) is 3.35. The Kier molecular flexibility index (Phi) is 4.30. The SMILES string of the molecule is CC(C)C(CCN)c1ccc2c(c1)NC(=O)CS2. The number of hydrogen-bond donors (Lipinski definition) is 2. The molecular formula is C14H20N2OS. The number of nitrogens with one attached hydrogen (secondary N) is 1. The van der Waals surface area contributed by atoms with Crippen LogP contribution in [0, 0.1) is 5.92 Å². The Morgan fingerprint density at radius 1 is 1.44 bits per heavy atom. The van der Waals surface area contributed by atoms with Crippen LogP contribution < -0.4 is 11.1 Å². The van der Waals surface area contributed by atoms with Crippen LogP contribution in [0.4, 0.5) is 5.69 Å². The van der Waals surface area contributed by atoms with E-state index >= 15 is 0 Å². The van der Waals surface area contributed by atoms with E-state index in [1.165, 1.54) is 5.56 Å². The van der Waals surface area contributed by atoms with Crippen molar-refractivity contribution in [2.75, 3.05) is 17.6 Å². The Morgan fingerprint density at radius 3 is 2.89 bits per heavy atom. The molecule has 98 valence electrons. The summed E-state index contributed by atoms with van der Waals surface area (Å²) >= 11 is 1.60. The summed E-state index contributed by atoms with van der Waals surface area (Å²) in [4.78, 5) is 12.6. The standard InChI is InChI=1S/C14H20N2OS/c1-9(2)11(5-6-15)10-3-4-13-12(7-10)16-14(17)8-18-13/h3-4,7,9,11H,5-6,8,15H2,1-2H3,(H,16,17). The number of fused-ring (bicyclic) bond motifs is 1. The topological polar surface area (TPSA) is 55.1 Å². The maximum Gasteiger partial charge on any atom is 0.234 e. The van der Waals surface area contributed by atoms with Crippen LogP contribution in [0.3, 0.4) is 0 Å². The summed E-state index contributed by atoms with van der Waals surface area (Å²) in [7, 11) is 0. The number of nitrogens with two attached hydrogens (primary N) is 1. The summed E-state index contributed by atoms with van der Waals surface area (Å²) in [6.45, 7) is 5.13. The van der Waals surface area contributed by atoms with Gasteiger partial charge in [0.2, 0.25) is 5.91 Å². The number of anilines is 1. The van der Waals surface area contributed by atoms with Crippen molar-refractivity contribution in [3.8, 4) is 0 Å². The van der Waals surface area contributed by atoms with Gasteiger partial charge in [-0.05, 0) is 42.5 Å². The molecule has 1 atom stereocenters. The molecule has 0 aromatic heterocycles. The molecule has 4 heteroatoms. The van der Waals surface area contributed by atoms with E-state index in [0.29, 0.717) is 24.1 Å². The largest absolute Gasteiger partial charge is 0.330 e. The summed E-state index contributed by atoms with van der Waals surface area (Å²) in [5.41, 5.74) is 7.92. The third-order valence-corrected chi connectivity index (χ3v) is 4.42. The summed E-state index contributed by atoms with van der Waals surface area (Å²) in [6.07, 6.45) is 0.984. The van der Waals surface area contributed by atoms with Gasteiger partial charge in [0.15, 0.2) is 0 Å². The molecule has 1 unspecified atom stereocenters. The van der Waals surface area contributed by atoms with Crippen LogP contribution in [-0.2, 0) is 4.79 Å². The molecule has 0 radical (unpaired) electrons. The number of benzene rings is 1. The molecule has 2 rings (SSSR count). The molecule has 18 heavy (non-hydrogen) atoms. The van der Waals surface area contributed by atoms with Gasteiger partial charge in [0.1, 0.15) is 0 Å². The van der Waals surface area contributed by atoms with Gasteiger partial charge in [-0.25, -0.2) is 0 Å². The fraction of sp³-hybridized carbons (Fsp3) is 0.500. The normalized spacial score (nSPS) is 16.3. The third kappa shape index (κ3) is 2.87. The van der Waals surface area contributed by atoms with Gasteiger partial charge in [-0.3, -0.25) is 4.79 Å². The average Bonchev–Trinajstić information content (AvgIpc) is 2.34. The van der Waals surface area contributed by atoms with Gasteiger partial charge < -0.3 is 11.1 Å². The zero-order valence-electron chi connectivity index (χ0n) is 10.9. The van der Waals surface area contributed by atoms with Gasteiger partial charge in [-0.2, -0.15) is 0 Å². The second-order valence-electron chi connectivity index (χ2n) is 5.02. The van der Waals surface area contributed by atoms with Gasteiger partial charge in [0, 0.05) is 4.90 Å². The van der Waals surface area contributed by atoms with E-state index in [1.807, 2.05) is 0 Å². The van der Waals surface area contributed by atoms with Crippen molar-refractivity contribution >= 4 is 23.4 Å². The van der Waals surface area contributed by atoms with Crippen molar-refractivity contribution in [1.29, 1.82) is 0 Å². The van der Waals surface area contributed by atoms with E-state index in [4.69, 9.17) is 5.73 Å². The first-order chi connectivity index (χ1) is 8.61. The molecular weight excluding hydrogens is 244 g/mol. The lowest BCUT2D eigenvalue weighted by molar-refractivity contribution is -0.113. The van der Waals surface area contributed by atoms with Crippen LogP contribution in [0.2, 0.25) is 0 Å². The molecule has 1 aliphatic rings. The first kappa shape index (κ1) is 13.4. The minimum atomic E-state index is 0.0876. The maximum absolute atomic E-state index is 11.4. The van der Waals surface area contributed by atoms with Crippen molar-refractivity contribution in [2.24, 2.45) is 11.7 Å². The molecule has 1 heterocycles. The molecule has 0 aliphatic carbocycles. The lowest BCUT2D eigenvalue weighted by Crippen LogP contribution is -2.19. The van der Waals surface area contributed by atoms with E-state index in [0.717, 1.165) is 17.0 Å². The molecule has 0 fully saturated rings. The molecule has 1 aromatic rings. The number of rotatable bonds is 4.